The van der Waals surface area contributed by atoms with Crippen LogP contribution in [-0.2, 0) is 11.3 Å². The maximum Gasteiger partial charge on any atom is 1.00 e. The van der Waals surface area contributed by atoms with E-state index in [4.69, 9.17) is 9.47 Å². The van der Waals surface area contributed by atoms with Crippen molar-refractivity contribution in [2.24, 2.45) is 4.99 Å². The quantitative estimate of drug-likeness (QED) is 0.137. The average Bonchev–Trinajstić information content (AvgIpc) is 2.63. The number of hydrogen-bond donors (Lipinski definition) is 0. The predicted molar refractivity (Wildman–Crippen MR) is 98.1 cm³/mol. The molecule has 0 aliphatic carbocycles. The summed E-state index contributed by atoms with van der Waals surface area (Å²) in [7, 11) is 1.52. The minimum atomic E-state index is -0.315. The van der Waals surface area contributed by atoms with Crippen molar-refractivity contribution < 1.29 is 48.9 Å². The van der Waals surface area contributed by atoms with E-state index in [1.807, 2.05) is 0 Å². The second kappa shape index (κ2) is 15.1. The molecule has 0 amide bonds. The van der Waals surface area contributed by atoms with E-state index in [1.165, 1.54) is 32.8 Å². The van der Waals surface area contributed by atoms with Gasteiger partial charge in [0.1, 0.15) is 0 Å². The van der Waals surface area contributed by atoms with Crippen LogP contribution in [0.3, 0.4) is 0 Å². The van der Waals surface area contributed by atoms with Crippen LogP contribution in [0.4, 0.5) is 0 Å². The Hall–Kier alpha value is -1.04. The molecule has 0 aliphatic heterocycles. The summed E-state index contributed by atoms with van der Waals surface area (Å²) < 4.78 is 10.4. The summed E-state index contributed by atoms with van der Waals surface area (Å²) in [5.74, 6) is 0.482. The summed E-state index contributed by atoms with van der Waals surface area (Å²) in [4.78, 5) is 15.5. The normalized spacial score (nSPS) is 11.0. The molecule has 0 aromatic heterocycles. The Morgan fingerprint density at radius 1 is 1.08 bits per heavy atom. The predicted octanol–water partition coefficient (Wildman–Crippen LogP) is 1.02. The fourth-order valence-electron chi connectivity index (χ4n) is 2.40. The van der Waals surface area contributed by atoms with Gasteiger partial charge < -0.3 is 19.6 Å². The molecule has 0 saturated carbocycles. The molecular weight excluding hydrogens is 341 g/mol. The molecule has 0 saturated heterocycles. The van der Waals surface area contributed by atoms with Crippen molar-refractivity contribution in [2.75, 3.05) is 7.11 Å². The van der Waals surface area contributed by atoms with Crippen molar-refractivity contribution in [3.63, 3.8) is 0 Å². The second-order valence-electron chi connectivity index (χ2n) is 6.04. The van der Waals surface area contributed by atoms with Gasteiger partial charge in [-0.1, -0.05) is 52.0 Å². The Labute approximate surface area is 179 Å². The number of benzene rings is 1. The first-order valence-corrected chi connectivity index (χ1v) is 9.18. The SMILES string of the molecule is CCCCCCCCC([O-])=NCc1ccc(OC(=O)CC)c(OC)c1.[Na+]. The van der Waals surface area contributed by atoms with Crippen LogP contribution < -0.4 is 44.1 Å². The van der Waals surface area contributed by atoms with E-state index >= 15 is 0 Å². The van der Waals surface area contributed by atoms with Gasteiger partial charge >= 0.3 is 35.5 Å². The minimum Gasteiger partial charge on any atom is -0.862 e. The van der Waals surface area contributed by atoms with E-state index in [0.717, 1.165) is 18.4 Å². The van der Waals surface area contributed by atoms with Crippen LogP contribution in [0.5, 0.6) is 11.5 Å². The number of nitrogens with zero attached hydrogens (tertiary/aromatic N) is 1. The average molecular weight is 371 g/mol. The van der Waals surface area contributed by atoms with Gasteiger partial charge in [-0.2, -0.15) is 0 Å². The third-order valence-electron chi connectivity index (χ3n) is 3.92. The largest absolute Gasteiger partial charge is 1.00 e. The number of methoxy groups -OCH3 is 1. The summed E-state index contributed by atoms with van der Waals surface area (Å²) in [6, 6.07) is 5.22. The zero-order valence-electron chi connectivity index (χ0n) is 16.7. The molecule has 5 nitrogen and oxygen atoms in total. The zero-order valence-corrected chi connectivity index (χ0v) is 18.7. The van der Waals surface area contributed by atoms with Crippen molar-refractivity contribution in [3.8, 4) is 11.5 Å². The van der Waals surface area contributed by atoms with Crippen LogP contribution >= 0.6 is 0 Å². The van der Waals surface area contributed by atoms with E-state index in [1.54, 1.807) is 25.1 Å². The molecule has 0 fully saturated rings. The molecule has 0 radical (unpaired) electrons. The van der Waals surface area contributed by atoms with E-state index in [2.05, 4.69) is 11.9 Å². The topological polar surface area (TPSA) is 71.0 Å². The molecule has 1 aromatic carbocycles. The van der Waals surface area contributed by atoms with Gasteiger partial charge in [-0.15, -0.1) is 0 Å². The van der Waals surface area contributed by atoms with Gasteiger partial charge in [0.05, 0.1) is 13.7 Å². The van der Waals surface area contributed by atoms with Gasteiger partial charge in [0.15, 0.2) is 11.5 Å². The van der Waals surface area contributed by atoms with E-state index < -0.39 is 0 Å². The van der Waals surface area contributed by atoms with E-state index in [9.17, 15) is 9.90 Å². The Bertz CT molecular complexity index is 561. The first kappa shape index (κ1) is 25.0. The smallest absolute Gasteiger partial charge is 0.862 e. The molecule has 0 heterocycles. The molecule has 6 heteroatoms. The van der Waals surface area contributed by atoms with Crippen molar-refractivity contribution in [2.45, 2.75) is 71.8 Å². The number of carbonyl (C=O) groups is 1. The van der Waals surface area contributed by atoms with Gasteiger partial charge in [0.25, 0.3) is 0 Å². The number of ether oxygens (including phenoxy) is 2. The molecule has 0 unspecified atom stereocenters. The van der Waals surface area contributed by atoms with E-state index in [0.29, 0.717) is 30.9 Å². The zero-order chi connectivity index (χ0) is 18.5. The summed E-state index contributed by atoms with van der Waals surface area (Å²) in [5.41, 5.74) is 0.851. The fraction of sp³-hybridized carbons (Fsp3) is 0.600. The summed E-state index contributed by atoms with van der Waals surface area (Å²) in [6.07, 6.45) is 7.74. The van der Waals surface area contributed by atoms with Gasteiger partial charge in [-0.25, -0.2) is 0 Å². The molecule has 0 N–H and O–H groups in total. The number of aliphatic imine (C=N–C) groups is 1. The van der Waals surface area contributed by atoms with E-state index in [-0.39, 0.29) is 41.4 Å². The molecule has 140 valence electrons. The number of unbranched alkanes of at least 4 members (excludes halogenated alkanes) is 5. The number of carbonyl (C=O) groups excluding carboxylic acids is 1. The molecule has 1 rings (SSSR count). The Morgan fingerprint density at radius 2 is 1.77 bits per heavy atom. The Kier molecular flexibility index (Phi) is 14.5. The van der Waals surface area contributed by atoms with Gasteiger partial charge in [-0.05, 0) is 36.4 Å². The van der Waals surface area contributed by atoms with Crippen LogP contribution in [0.2, 0.25) is 0 Å². The van der Waals surface area contributed by atoms with Gasteiger partial charge in [0, 0.05) is 6.42 Å². The maximum absolute atomic E-state index is 11.8. The van der Waals surface area contributed by atoms with Crippen LogP contribution in [-0.4, -0.2) is 19.0 Å². The van der Waals surface area contributed by atoms with Crippen molar-refractivity contribution in [3.05, 3.63) is 23.8 Å². The van der Waals surface area contributed by atoms with Crippen molar-refractivity contribution in [1.82, 2.24) is 0 Å². The number of rotatable bonds is 12. The fourth-order valence-corrected chi connectivity index (χ4v) is 2.40. The van der Waals surface area contributed by atoms with Crippen LogP contribution in [0.1, 0.15) is 70.8 Å². The third-order valence-corrected chi connectivity index (χ3v) is 3.92. The standard InChI is InChI=1S/C20H31NO4.Na/c1-4-6-7-8-9-10-11-19(22)21-15-16-12-13-17(18(14-16)24-3)25-20(23)5-2;/h12-14H,4-11,15H2,1-3H3,(H,21,22);/q;+1/p-1. The van der Waals surface area contributed by atoms with Gasteiger partial charge in [0.2, 0.25) is 0 Å². The molecule has 0 atom stereocenters. The first-order valence-electron chi connectivity index (χ1n) is 9.18. The summed E-state index contributed by atoms with van der Waals surface area (Å²) in [5, 5.41) is 11.8. The first-order chi connectivity index (χ1) is 12.1. The molecular formula is C20H30NNaO4. The summed E-state index contributed by atoms with van der Waals surface area (Å²) >= 11 is 0. The molecule has 1 aromatic rings. The van der Waals surface area contributed by atoms with Crippen molar-refractivity contribution in [1.29, 1.82) is 0 Å². The molecule has 26 heavy (non-hydrogen) atoms. The number of esters is 1. The number of hydrogen-bond acceptors (Lipinski definition) is 5. The Balaban J connectivity index is 0.00000625. The molecule has 0 aliphatic rings. The Morgan fingerprint density at radius 3 is 2.42 bits per heavy atom. The van der Waals surface area contributed by atoms with Crippen LogP contribution in [0.25, 0.3) is 0 Å². The second-order valence-corrected chi connectivity index (χ2v) is 6.04. The molecule has 0 spiro atoms. The van der Waals surface area contributed by atoms with Crippen molar-refractivity contribution >= 4 is 11.9 Å². The summed E-state index contributed by atoms with van der Waals surface area (Å²) in [6.45, 7) is 4.24. The monoisotopic (exact) mass is 371 g/mol. The molecule has 0 bridgehead atoms. The van der Waals surface area contributed by atoms with Gasteiger partial charge in [-0.3, -0.25) is 4.79 Å². The van der Waals surface area contributed by atoms with Crippen LogP contribution in [0, 0.1) is 0 Å². The minimum absolute atomic E-state index is 0. The third kappa shape index (κ3) is 10.2. The maximum atomic E-state index is 11.8. The van der Waals surface area contributed by atoms with Crippen LogP contribution in [0.15, 0.2) is 23.2 Å².